The van der Waals surface area contributed by atoms with Gasteiger partial charge in [0.05, 0.1) is 12.2 Å². The number of hydrogen-bond acceptors (Lipinski definition) is 7. The summed E-state index contributed by atoms with van der Waals surface area (Å²) in [5.74, 6) is -4.16. The molecule has 0 heterocycles. The average molecular weight is 460 g/mol. The molecule has 8 nitrogen and oxygen atoms in total. The number of fused-ring (bicyclic) bond motifs is 1. The lowest BCUT2D eigenvalue weighted by atomic mass is 9.67. The van der Waals surface area contributed by atoms with Crippen LogP contribution in [0.2, 0.25) is 0 Å². The number of amides is 1. The van der Waals surface area contributed by atoms with Gasteiger partial charge in [0.2, 0.25) is 5.78 Å². The van der Waals surface area contributed by atoms with Crippen LogP contribution in [0.3, 0.4) is 0 Å². The largest absolute Gasteiger partial charge is 0.511 e. The van der Waals surface area contributed by atoms with Crippen molar-refractivity contribution in [3.05, 3.63) is 40.2 Å². The maximum absolute atomic E-state index is 12.9. The van der Waals surface area contributed by atoms with Crippen LogP contribution in [-0.2, 0) is 22.4 Å². The summed E-state index contributed by atoms with van der Waals surface area (Å²) < 4.78 is 0. The first-order chi connectivity index (χ1) is 15.6. The summed E-state index contributed by atoms with van der Waals surface area (Å²) in [5.41, 5.74) is 4.37. The van der Waals surface area contributed by atoms with Crippen molar-refractivity contribution in [2.75, 3.05) is 6.61 Å². The summed E-state index contributed by atoms with van der Waals surface area (Å²) in [5, 5.41) is 41.3. The van der Waals surface area contributed by atoms with Crippen molar-refractivity contribution >= 4 is 17.5 Å². The van der Waals surface area contributed by atoms with Crippen molar-refractivity contribution in [2.24, 2.45) is 17.6 Å². The lowest BCUT2D eigenvalue weighted by Crippen LogP contribution is -2.55. The zero-order chi connectivity index (χ0) is 24.3. The molecule has 8 heteroatoms. The molecule has 0 bridgehead atoms. The van der Waals surface area contributed by atoms with Gasteiger partial charge >= 0.3 is 0 Å². The number of hydrogen-bond donors (Lipinski definition) is 5. The van der Waals surface area contributed by atoms with Crippen LogP contribution < -0.4 is 5.73 Å². The van der Waals surface area contributed by atoms with Gasteiger partial charge in [-0.3, -0.25) is 14.4 Å². The number of carbonyl (C=O) groups is 3. The quantitative estimate of drug-likeness (QED) is 0.280. The fourth-order valence-corrected chi connectivity index (χ4v) is 5.26. The van der Waals surface area contributed by atoms with E-state index in [0.29, 0.717) is 12.0 Å². The maximum atomic E-state index is 12.9. The monoisotopic (exact) mass is 459 g/mol. The molecule has 0 unspecified atom stereocenters. The van der Waals surface area contributed by atoms with Crippen LogP contribution in [-0.4, -0.2) is 50.1 Å². The number of ketones is 2. The molecule has 0 radical (unpaired) electrons. The molecule has 3 rings (SSSR count). The molecule has 0 spiro atoms. The third-order valence-electron chi connectivity index (χ3n) is 7.06. The number of nitrogens with two attached hydrogens (primary N) is 1. The van der Waals surface area contributed by atoms with E-state index in [1.54, 1.807) is 6.07 Å². The number of aryl methyl sites for hydroxylation is 1. The number of primary amides is 1. The summed E-state index contributed by atoms with van der Waals surface area (Å²) in [6.45, 7) is 1.20. The van der Waals surface area contributed by atoms with Gasteiger partial charge in [0.15, 0.2) is 11.4 Å². The number of allylic oxidation sites excluding steroid dienone is 1. The van der Waals surface area contributed by atoms with E-state index in [9.17, 15) is 34.8 Å². The van der Waals surface area contributed by atoms with Crippen molar-refractivity contribution < 1.29 is 34.8 Å². The molecule has 1 aromatic rings. The normalized spacial score (nSPS) is 25.3. The van der Waals surface area contributed by atoms with Crippen LogP contribution in [0, 0.1) is 11.8 Å². The average Bonchev–Trinajstić information content (AvgIpc) is 2.75. The van der Waals surface area contributed by atoms with Gasteiger partial charge in [0.1, 0.15) is 17.1 Å². The molecule has 0 fully saturated rings. The third-order valence-corrected chi connectivity index (χ3v) is 7.06. The molecular weight excluding hydrogens is 426 g/mol. The van der Waals surface area contributed by atoms with E-state index in [2.05, 4.69) is 6.92 Å². The van der Waals surface area contributed by atoms with Gasteiger partial charge in [-0.1, -0.05) is 32.3 Å². The number of aliphatic hydroxyl groups is 3. The van der Waals surface area contributed by atoms with Gasteiger partial charge in [-0.2, -0.15) is 0 Å². The molecular formula is C25H33NO7. The molecule has 1 aromatic carbocycles. The number of aliphatic hydroxyl groups excluding tert-OH is 2. The fraction of sp³-hybridized carbons (Fsp3) is 0.560. The van der Waals surface area contributed by atoms with Gasteiger partial charge in [0, 0.05) is 18.8 Å². The van der Waals surface area contributed by atoms with Crippen molar-refractivity contribution in [3.8, 4) is 5.75 Å². The van der Waals surface area contributed by atoms with E-state index in [4.69, 9.17) is 5.73 Å². The van der Waals surface area contributed by atoms with E-state index >= 15 is 0 Å². The molecule has 2 aliphatic carbocycles. The SMILES string of the molecule is CCCCCCc1ccc(O)c2c1C[C@@H](C[C@H]1CC(O)=C(C(N)=O)C(=O)[C@@]1(O)CO)CC2=O. The second kappa shape index (κ2) is 10.1. The van der Waals surface area contributed by atoms with Crippen molar-refractivity contribution in [1.29, 1.82) is 0 Å². The first kappa shape index (κ1) is 24.9. The molecule has 1 amide bonds. The van der Waals surface area contributed by atoms with E-state index in [0.717, 1.165) is 43.2 Å². The Bertz CT molecular complexity index is 983. The molecule has 6 N–H and O–H groups in total. The minimum Gasteiger partial charge on any atom is -0.511 e. The van der Waals surface area contributed by atoms with Crippen LogP contribution in [0.5, 0.6) is 5.75 Å². The molecule has 3 atom stereocenters. The zero-order valence-electron chi connectivity index (χ0n) is 19.0. The predicted octanol–water partition coefficient (Wildman–Crippen LogP) is 2.26. The molecule has 33 heavy (non-hydrogen) atoms. The predicted molar refractivity (Wildman–Crippen MR) is 121 cm³/mol. The van der Waals surface area contributed by atoms with Crippen LogP contribution in [0.15, 0.2) is 23.5 Å². The Balaban J connectivity index is 1.86. The first-order valence-electron chi connectivity index (χ1n) is 11.6. The number of phenols is 1. The number of carbonyl (C=O) groups excluding carboxylic acids is 3. The summed E-state index contributed by atoms with van der Waals surface area (Å²) in [7, 11) is 0. The molecule has 0 saturated heterocycles. The van der Waals surface area contributed by atoms with E-state index < -0.39 is 41.1 Å². The van der Waals surface area contributed by atoms with Crippen LogP contribution in [0.25, 0.3) is 0 Å². The summed E-state index contributed by atoms with van der Waals surface area (Å²) in [6.07, 6.45) is 5.62. The first-order valence-corrected chi connectivity index (χ1v) is 11.6. The second-order valence-electron chi connectivity index (χ2n) is 9.34. The topological polar surface area (TPSA) is 158 Å². The van der Waals surface area contributed by atoms with Gasteiger partial charge in [-0.15, -0.1) is 0 Å². The third kappa shape index (κ3) is 4.82. The fourth-order valence-electron chi connectivity index (χ4n) is 5.26. The zero-order valence-corrected chi connectivity index (χ0v) is 19.0. The molecule has 0 saturated carbocycles. The van der Waals surface area contributed by atoms with Gasteiger partial charge in [-0.05, 0) is 48.8 Å². The highest BCUT2D eigenvalue weighted by Gasteiger charge is 2.51. The van der Waals surface area contributed by atoms with E-state index in [1.807, 2.05) is 6.07 Å². The molecule has 0 aromatic heterocycles. The van der Waals surface area contributed by atoms with Crippen molar-refractivity contribution in [2.45, 2.75) is 70.3 Å². The number of rotatable bonds is 9. The Labute approximate surface area is 193 Å². The van der Waals surface area contributed by atoms with Crippen LogP contribution in [0.4, 0.5) is 0 Å². The Morgan fingerprint density at radius 3 is 2.48 bits per heavy atom. The van der Waals surface area contributed by atoms with Gasteiger partial charge < -0.3 is 26.2 Å². The Kier molecular flexibility index (Phi) is 7.59. The summed E-state index contributed by atoms with van der Waals surface area (Å²) in [4.78, 5) is 37.2. The minimum atomic E-state index is -2.26. The standard InChI is InChI=1S/C25H33NO7/c1-2-3-4-5-6-15-7-8-18(28)21-17(15)10-14(11-19(21)29)9-16-12-20(30)22(24(26)32)23(31)25(16,33)13-27/h7-8,14,16,27-28,30,33H,2-6,9-13H2,1H3,(H2,26,32)/t14-,16+,25-/m1/s1. The van der Waals surface area contributed by atoms with Gasteiger partial charge in [0.25, 0.3) is 5.91 Å². The number of benzene rings is 1. The van der Waals surface area contributed by atoms with E-state index in [-0.39, 0.29) is 36.7 Å². The van der Waals surface area contributed by atoms with Crippen molar-refractivity contribution in [1.82, 2.24) is 0 Å². The smallest absolute Gasteiger partial charge is 0.255 e. The van der Waals surface area contributed by atoms with Gasteiger partial charge in [-0.25, -0.2) is 0 Å². The summed E-state index contributed by atoms with van der Waals surface area (Å²) in [6, 6.07) is 3.41. The number of phenolic OH excluding ortho intramolecular Hbond substituents is 1. The molecule has 180 valence electrons. The number of Topliss-reactive ketones (excluding diaryl/α,β-unsaturated/α-hetero) is 2. The van der Waals surface area contributed by atoms with Crippen LogP contribution in [0.1, 0.15) is 73.4 Å². The van der Waals surface area contributed by atoms with Crippen molar-refractivity contribution in [3.63, 3.8) is 0 Å². The Hall–Kier alpha value is -2.71. The highest BCUT2D eigenvalue weighted by atomic mass is 16.3. The highest BCUT2D eigenvalue weighted by Crippen LogP contribution is 2.42. The minimum absolute atomic E-state index is 0.0443. The lowest BCUT2D eigenvalue weighted by Gasteiger charge is -2.39. The molecule has 0 aliphatic heterocycles. The Morgan fingerprint density at radius 2 is 1.85 bits per heavy atom. The molecule has 2 aliphatic rings. The maximum Gasteiger partial charge on any atom is 0.255 e. The number of aromatic hydroxyl groups is 1. The second-order valence-corrected chi connectivity index (χ2v) is 9.34. The van der Waals surface area contributed by atoms with Crippen LogP contribution >= 0.6 is 0 Å². The lowest BCUT2D eigenvalue weighted by molar-refractivity contribution is -0.150. The summed E-state index contributed by atoms with van der Waals surface area (Å²) >= 11 is 0. The highest BCUT2D eigenvalue weighted by molar-refractivity contribution is 6.22. The Morgan fingerprint density at radius 1 is 1.12 bits per heavy atom. The van der Waals surface area contributed by atoms with E-state index in [1.165, 1.54) is 0 Å². The number of unbranched alkanes of at least 4 members (excludes halogenated alkanes) is 3.